The van der Waals surface area contributed by atoms with E-state index in [0.717, 1.165) is 49.1 Å². The molecule has 1 aromatic carbocycles. The average molecular weight is 359 g/mol. The summed E-state index contributed by atoms with van der Waals surface area (Å²) in [6, 6.07) is 8.37. The zero-order chi connectivity index (χ0) is 17.6. The number of para-hydroxylation sites is 1. The molecule has 1 fully saturated rings. The van der Waals surface area contributed by atoms with Gasteiger partial charge in [0.05, 0.1) is 11.3 Å². The summed E-state index contributed by atoms with van der Waals surface area (Å²) in [5.74, 6) is 1.45. The molecule has 1 unspecified atom stereocenters. The Bertz CT molecular complexity index is 736. The van der Waals surface area contributed by atoms with E-state index in [1.54, 1.807) is 0 Å². The fourth-order valence-electron chi connectivity index (χ4n) is 3.38. The van der Waals surface area contributed by atoms with Crippen molar-refractivity contribution in [1.82, 2.24) is 14.9 Å². The molecule has 1 aliphatic heterocycles. The van der Waals surface area contributed by atoms with Gasteiger partial charge in [0.2, 0.25) is 5.91 Å². The van der Waals surface area contributed by atoms with Gasteiger partial charge in [-0.05, 0) is 44.7 Å². The molecular weight excluding hydrogens is 332 g/mol. The van der Waals surface area contributed by atoms with E-state index in [9.17, 15) is 4.79 Å². The van der Waals surface area contributed by atoms with Crippen molar-refractivity contribution in [3.63, 3.8) is 0 Å². The van der Waals surface area contributed by atoms with Crippen molar-refractivity contribution in [3.8, 4) is 0 Å². The van der Waals surface area contributed by atoms with Crippen molar-refractivity contribution in [2.45, 2.75) is 50.7 Å². The minimum absolute atomic E-state index is 0.207. The van der Waals surface area contributed by atoms with Crippen molar-refractivity contribution in [2.75, 3.05) is 24.2 Å². The third-order valence-electron chi connectivity index (χ3n) is 4.67. The van der Waals surface area contributed by atoms with Gasteiger partial charge < -0.3 is 10.2 Å². The summed E-state index contributed by atoms with van der Waals surface area (Å²) in [5.41, 5.74) is 0.910. The maximum atomic E-state index is 12.6. The number of anilines is 1. The molecule has 1 N–H and O–H groups in total. The Labute approximate surface area is 153 Å². The van der Waals surface area contributed by atoms with Gasteiger partial charge in [-0.3, -0.25) is 4.79 Å². The highest BCUT2D eigenvalue weighted by molar-refractivity contribution is 7.99. The molecule has 0 radical (unpaired) electrons. The zero-order valence-corrected chi connectivity index (χ0v) is 15.8. The summed E-state index contributed by atoms with van der Waals surface area (Å²) >= 11 is 1.44. The number of thioether (sulfide) groups is 1. The molecule has 2 aromatic rings. The Morgan fingerprint density at radius 3 is 2.92 bits per heavy atom. The maximum absolute atomic E-state index is 12.6. The molecule has 1 amide bonds. The van der Waals surface area contributed by atoms with Gasteiger partial charge >= 0.3 is 0 Å². The minimum atomic E-state index is 0.207. The predicted molar refractivity (Wildman–Crippen MR) is 104 cm³/mol. The Kier molecular flexibility index (Phi) is 6.13. The van der Waals surface area contributed by atoms with E-state index < -0.39 is 0 Å². The first-order chi connectivity index (χ1) is 12.2. The third kappa shape index (κ3) is 4.24. The second-order valence-electron chi connectivity index (χ2n) is 6.34. The molecule has 6 heteroatoms. The molecule has 0 aliphatic carbocycles. The van der Waals surface area contributed by atoms with Gasteiger partial charge in [0.25, 0.3) is 0 Å². The van der Waals surface area contributed by atoms with Crippen LogP contribution >= 0.6 is 11.8 Å². The first-order valence-corrected chi connectivity index (χ1v) is 10.1. The normalized spacial score (nSPS) is 17.7. The average Bonchev–Trinajstić information content (AvgIpc) is 2.66. The number of fused-ring (bicyclic) bond motifs is 1. The number of aromatic nitrogens is 2. The van der Waals surface area contributed by atoms with Gasteiger partial charge in [-0.25, -0.2) is 9.97 Å². The van der Waals surface area contributed by atoms with Gasteiger partial charge in [-0.2, -0.15) is 0 Å². The number of carbonyl (C=O) groups is 1. The molecule has 5 nitrogen and oxygen atoms in total. The molecule has 1 atom stereocenters. The van der Waals surface area contributed by atoms with Gasteiger partial charge in [-0.1, -0.05) is 30.8 Å². The highest BCUT2D eigenvalue weighted by Crippen LogP contribution is 2.26. The molecule has 1 saturated heterocycles. The summed E-state index contributed by atoms with van der Waals surface area (Å²) in [6.07, 6.45) is 4.51. The molecule has 134 valence electrons. The fourth-order valence-corrected chi connectivity index (χ4v) is 4.12. The van der Waals surface area contributed by atoms with Gasteiger partial charge in [0, 0.05) is 24.5 Å². The number of hydrogen-bond donors (Lipinski definition) is 1. The second kappa shape index (κ2) is 8.52. The molecule has 0 saturated carbocycles. The largest absolute Gasteiger partial charge is 0.370 e. The summed E-state index contributed by atoms with van der Waals surface area (Å²) in [6.45, 7) is 5.90. The van der Waals surface area contributed by atoms with Crippen LogP contribution in [-0.2, 0) is 4.79 Å². The van der Waals surface area contributed by atoms with Crippen molar-refractivity contribution >= 4 is 34.4 Å². The predicted octanol–water partition coefficient (Wildman–Crippen LogP) is 3.94. The zero-order valence-electron chi connectivity index (χ0n) is 15.0. The van der Waals surface area contributed by atoms with Crippen molar-refractivity contribution in [1.29, 1.82) is 0 Å². The number of nitrogens with zero attached hydrogens (tertiary/aromatic N) is 3. The Hall–Kier alpha value is -1.82. The number of benzene rings is 1. The van der Waals surface area contributed by atoms with Crippen molar-refractivity contribution < 1.29 is 4.79 Å². The van der Waals surface area contributed by atoms with Crippen LogP contribution in [0.4, 0.5) is 5.82 Å². The van der Waals surface area contributed by atoms with Crippen LogP contribution in [0.25, 0.3) is 10.9 Å². The molecule has 0 spiro atoms. The number of likely N-dealkylation sites (tertiary alicyclic amines) is 1. The lowest BCUT2D eigenvalue weighted by Crippen LogP contribution is -2.44. The van der Waals surface area contributed by atoms with Crippen LogP contribution in [-0.4, -0.2) is 45.7 Å². The number of hydrogen-bond acceptors (Lipinski definition) is 5. The van der Waals surface area contributed by atoms with Crippen LogP contribution in [0.1, 0.15) is 39.5 Å². The number of piperidine rings is 1. The summed E-state index contributed by atoms with van der Waals surface area (Å²) in [7, 11) is 0. The van der Waals surface area contributed by atoms with E-state index in [2.05, 4.69) is 34.0 Å². The van der Waals surface area contributed by atoms with Crippen LogP contribution in [0.2, 0.25) is 0 Å². The third-order valence-corrected chi connectivity index (χ3v) is 5.50. The number of carbonyl (C=O) groups excluding carboxylic acids is 1. The first kappa shape index (κ1) is 18.0. The van der Waals surface area contributed by atoms with Gasteiger partial charge in [0.1, 0.15) is 5.82 Å². The topological polar surface area (TPSA) is 58.1 Å². The van der Waals surface area contributed by atoms with Crippen molar-refractivity contribution in [3.05, 3.63) is 24.3 Å². The quantitative estimate of drug-likeness (QED) is 0.626. The SMILES string of the molecule is CCNc1nc(SCC(=O)N2CCCCC2CC)nc2ccccc12. The van der Waals surface area contributed by atoms with E-state index in [0.29, 0.717) is 17.0 Å². The molecule has 2 heterocycles. The summed E-state index contributed by atoms with van der Waals surface area (Å²) in [5, 5.41) is 4.97. The van der Waals surface area contributed by atoms with Crippen LogP contribution < -0.4 is 5.32 Å². The molecule has 3 rings (SSSR count). The molecule has 1 aromatic heterocycles. The molecule has 25 heavy (non-hydrogen) atoms. The van der Waals surface area contributed by atoms with Gasteiger partial charge in [-0.15, -0.1) is 0 Å². The minimum Gasteiger partial charge on any atom is -0.370 e. The van der Waals surface area contributed by atoms with E-state index >= 15 is 0 Å². The van der Waals surface area contributed by atoms with Gasteiger partial charge in [0.15, 0.2) is 5.16 Å². The van der Waals surface area contributed by atoms with E-state index in [1.165, 1.54) is 18.2 Å². The monoisotopic (exact) mass is 358 g/mol. The Balaban J connectivity index is 1.73. The second-order valence-corrected chi connectivity index (χ2v) is 7.28. The molecular formula is C19H26N4OS. The lowest BCUT2D eigenvalue weighted by atomic mass is 10.0. The Morgan fingerprint density at radius 2 is 2.12 bits per heavy atom. The molecule has 1 aliphatic rings. The number of rotatable bonds is 6. The van der Waals surface area contributed by atoms with E-state index in [4.69, 9.17) is 0 Å². The molecule has 0 bridgehead atoms. The lowest BCUT2D eigenvalue weighted by molar-refractivity contribution is -0.132. The lowest BCUT2D eigenvalue weighted by Gasteiger charge is -2.35. The smallest absolute Gasteiger partial charge is 0.233 e. The first-order valence-electron chi connectivity index (χ1n) is 9.15. The maximum Gasteiger partial charge on any atom is 0.233 e. The van der Waals surface area contributed by atoms with E-state index in [-0.39, 0.29) is 5.91 Å². The number of amides is 1. The Morgan fingerprint density at radius 1 is 1.28 bits per heavy atom. The van der Waals surface area contributed by atoms with Crippen LogP contribution in [0.15, 0.2) is 29.4 Å². The van der Waals surface area contributed by atoms with Crippen molar-refractivity contribution in [2.24, 2.45) is 0 Å². The highest BCUT2D eigenvalue weighted by atomic mass is 32.2. The van der Waals surface area contributed by atoms with E-state index in [1.807, 2.05) is 24.3 Å². The van der Waals surface area contributed by atoms with Crippen LogP contribution in [0, 0.1) is 0 Å². The summed E-state index contributed by atoms with van der Waals surface area (Å²) in [4.78, 5) is 23.9. The highest BCUT2D eigenvalue weighted by Gasteiger charge is 2.25. The van der Waals surface area contributed by atoms with Crippen LogP contribution in [0.5, 0.6) is 0 Å². The standard InChI is InChI=1S/C19H26N4OS/c1-3-14-9-7-8-12-23(14)17(24)13-25-19-21-16-11-6-5-10-15(16)18(22-19)20-4-2/h5-6,10-11,14H,3-4,7-9,12-13H2,1-2H3,(H,20,21,22). The summed E-state index contributed by atoms with van der Waals surface area (Å²) < 4.78 is 0. The van der Waals surface area contributed by atoms with Crippen LogP contribution in [0.3, 0.4) is 0 Å². The number of nitrogens with one attached hydrogen (secondary N) is 1. The fraction of sp³-hybridized carbons (Fsp3) is 0.526.